The van der Waals surface area contributed by atoms with Crippen LogP contribution in [0.5, 0.6) is 5.75 Å². The van der Waals surface area contributed by atoms with Crippen LogP contribution in [-0.2, 0) is 4.79 Å². The topological polar surface area (TPSA) is 115 Å². The minimum absolute atomic E-state index is 0.0264. The second kappa shape index (κ2) is 8.65. The molecule has 26 heavy (non-hydrogen) atoms. The summed E-state index contributed by atoms with van der Waals surface area (Å²) in [5.74, 6) is -1.26. The van der Waals surface area contributed by atoms with E-state index in [1.807, 2.05) is 6.07 Å². The summed E-state index contributed by atoms with van der Waals surface area (Å²) >= 11 is 5.79. The molecule has 0 bridgehead atoms. The van der Waals surface area contributed by atoms with Gasteiger partial charge in [0.1, 0.15) is 11.8 Å². The molecule has 2 rings (SSSR count). The summed E-state index contributed by atoms with van der Waals surface area (Å²) in [6, 6.07) is 12.7. The summed E-state index contributed by atoms with van der Waals surface area (Å²) in [6.07, 6.45) is -0.0818. The number of carbonyl (C=O) groups excluding carboxylic acids is 2. The monoisotopic (exact) mass is 370 g/mol. The lowest BCUT2D eigenvalue weighted by atomic mass is 10.2. The fourth-order valence-corrected chi connectivity index (χ4v) is 2.22. The zero-order valence-corrected chi connectivity index (χ0v) is 14.5. The average molecular weight is 371 g/mol. The van der Waals surface area contributed by atoms with E-state index in [0.29, 0.717) is 22.0 Å². The molecule has 0 aliphatic rings. The number of hydrogen-bond donors (Lipinski definition) is 3. The van der Waals surface area contributed by atoms with Gasteiger partial charge in [0.05, 0.1) is 23.2 Å². The maximum absolute atomic E-state index is 12.0. The number of nitrogens with zero attached hydrogens (tertiary/aromatic N) is 2. The number of phenolic OH excluding ortho intramolecular Hbond substituents is 1. The Labute approximate surface area is 154 Å². The van der Waals surface area contributed by atoms with Gasteiger partial charge >= 0.3 is 0 Å². The second-order valence-electron chi connectivity index (χ2n) is 5.33. The highest BCUT2D eigenvalue weighted by Crippen LogP contribution is 2.21. The summed E-state index contributed by atoms with van der Waals surface area (Å²) in [6.45, 7) is 1.56. The molecule has 0 radical (unpaired) electrons. The van der Waals surface area contributed by atoms with Crippen molar-refractivity contribution >= 4 is 34.8 Å². The van der Waals surface area contributed by atoms with E-state index in [-0.39, 0.29) is 23.6 Å². The Hall–Kier alpha value is -3.37. The Kier molecular flexibility index (Phi) is 6.31. The largest absolute Gasteiger partial charge is 0.507 e. The maximum Gasteiger partial charge on any atom is 0.275 e. The molecule has 8 heteroatoms. The number of aromatic hydroxyl groups is 1. The third kappa shape index (κ3) is 5.06. The number of rotatable bonds is 5. The van der Waals surface area contributed by atoms with Crippen LogP contribution in [0.25, 0.3) is 0 Å². The molecule has 2 amide bonds. The van der Waals surface area contributed by atoms with Gasteiger partial charge in [0.2, 0.25) is 5.91 Å². The van der Waals surface area contributed by atoms with Crippen molar-refractivity contribution in [1.29, 1.82) is 5.26 Å². The second-order valence-corrected chi connectivity index (χ2v) is 5.77. The molecule has 2 aromatic rings. The van der Waals surface area contributed by atoms with E-state index in [1.54, 1.807) is 31.2 Å². The minimum Gasteiger partial charge on any atom is -0.507 e. The molecule has 132 valence electrons. The van der Waals surface area contributed by atoms with Gasteiger partial charge in [0, 0.05) is 10.7 Å². The van der Waals surface area contributed by atoms with E-state index >= 15 is 0 Å². The van der Waals surface area contributed by atoms with Crippen molar-refractivity contribution in [2.45, 2.75) is 13.3 Å². The highest BCUT2D eigenvalue weighted by Gasteiger charge is 2.12. The number of hydrogen-bond acceptors (Lipinski definition) is 5. The van der Waals surface area contributed by atoms with Crippen molar-refractivity contribution < 1.29 is 14.7 Å². The molecule has 0 heterocycles. The quantitative estimate of drug-likeness (QED) is 0.554. The van der Waals surface area contributed by atoms with Crippen LogP contribution in [0.15, 0.2) is 47.6 Å². The van der Waals surface area contributed by atoms with Crippen LogP contribution < -0.4 is 10.7 Å². The molecule has 0 fully saturated rings. The van der Waals surface area contributed by atoms with Crippen molar-refractivity contribution in [3.8, 4) is 11.8 Å². The Morgan fingerprint density at radius 3 is 2.73 bits per heavy atom. The molecule has 0 saturated heterocycles. The first-order valence-electron chi connectivity index (χ1n) is 7.51. The Morgan fingerprint density at radius 1 is 1.27 bits per heavy atom. The highest BCUT2D eigenvalue weighted by atomic mass is 35.5. The molecular weight excluding hydrogens is 356 g/mol. The molecule has 0 spiro atoms. The third-order valence-corrected chi connectivity index (χ3v) is 3.52. The number of anilines is 1. The Morgan fingerprint density at radius 2 is 2.00 bits per heavy atom. The zero-order valence-electron chi connectivity index (χ0n) is 13.8. The lowest BCUT2D eigenvalue weighted by Crippen LogP contribution is -2.21. The number of para-hydroxylation sites is 1. The van der Waals surface area contributed by atoms with E-state index in [2.05, 4.69) is 15.8 Å². The highest BCUT2D eigenvalue weighted by molar-refractivity contribution is 6.31. The maximum atomic E-state index is 12.0. The summed E-state index contributed by atoms with van der Waals surface area (Å²) in [4.78, 5) is 24.0. The summed E-state index contributed by atoms with van der Waals surface area (Å²) < 4.78 is 0. The van der Waals surface area contributed by atoms with E-state index < -0.39 is 5.91 Å². The van der Waals surface area contributed by atoms with Crippen LogP contribution >= 0.6 is 11.6 Å². The Balaban J connectivity index is 1.97. The molecule has 0 aliphatic heterocycles. The molecular formula is C18H15ClN4O3. The number of halogens is 1. The van der Waals surface area contributed by atoms with Crippen LogP contribution in [0.1, 0.15) is 29.3 Å². The Bertz CT molecular complexity index is 919. The number of amides is 2. The van der Waals surface area contributed by atoms with Crippen molar-refractivity contribution in [3.05, 3.63) is 58.6 Å². The van der Waals surface area contributed by atoms with Gasteiger partial charge in [-0.25, -0.2) is 5.43 Å². The molecule has 0 saturated carbocycles. The van der Waals surface area contributed by atoms with E-state index in [4.69, 9.17) is 16.9 Å². The molecule has 0 aromatic heterocycles. The predicted molar refractivity (Wildman–Crippen MR) is 98.1 cm³/mol. The van der Waals surface area contributed by atoms with Crippen molar-refractivity contribution in [2.24, 2.45) is 5.10 Å². The van der Waals surface area contributed by atoms with Crippen LogP contribution in [0.3, 0.4) is 0 Å². The van der Waals surface area contributed by atoms with Crippen molar-refractivity contribution in [1.82, 2.24) is 5.43 Å². The smallest absolute Gasteiger partial charge is 0.275 e. The molecule has 0 unspecified atom stereocenters. The predicted octanol–water partition coefficient (Wildman–Crippen LogP) is 3.05. The molecule has 3 N–H and O–H groups in total. The number of nitrogens with one attached hydrogen (secondary N) is 2. The molecule has 0 atom stereocenters. The number of carbonyl (C=O) groups is 2. The van der Waals surface area contributed by atoms with Crippen LogP contribution in [0.2, 0.25) is 5.02 Å². The first-order valence-corrected chi connectivity index (χ1v) is 7.89. The first-order chi connectivity index (χ1) is 12.4. The van der Waals surface area contributed by atoms with E-state index in [1.165, 1.54) is 18.2 Å². The van der Waals surface area contributed by atoms with Gasteiger partial charge < -0.3 is 10.4 Å². The lowest BCUT2D eigenvalue weighted by molar-refractivity contribution is -0.115. The first kappa shape index (κ1) is 19.0. The fourth-order valence-electron chi connectivity index (χ4n) is 2.05. The van der Waals surface area contributed by atoms with E-state index in [0.717, 1.165) is 0 Å². The van der Waals surface area contributed by atoms with Crippen LogP contribution in [0.4, 0.5) is 5.69 Å². The van der Waals surface area contributed by atoms with Gasteiger partial charge in [0.25, 0.3) is 5.91 Å². The van der Waals surface area contributed by atoms with Gasteiger partial charge in [0.15, 0.2) is 0 Å². The fraction of sp³-hybridized carbons (Fsp3) is 0.111. The number of phenols is 1. The normalized spacial score (nSPS) is 10.7. The molecule has 7 nitrogen and oxygen atoms in total. The molecule has 2 aromatic carbocycles. The van der Waals surface area contributed by atoms with Crippen molar-refractivity contribution in [2.75, 3.05) is 5.32 Å². The van der Waals surface area contributed by atoms with Crippen LogP contribution in [-0.4, -0.2) is 22.6 Å². The third-order valence-electron chi connectivity index (χ3n) is 3.29. The molecule has 0 aliphatic carbocycles. The van der Waals surface area contributed by atoms with E-state index in [9.17, 15) is 14.7 Å². The summed E-state index contributed by atoms with van der Waals surface area (Å²) in [7, 11) is 0. The SMILES string of the molecule is C/C(CC(=O)Nc1ccccc1C#N)=N/NC(=O)c1cc(Cl)ccc1O. The number of nitriles is 1. The lowest BCUT2D eigenvalue weighted by Gasteiger charge is -2.07. The van der Waals surface area contributed by atoms with Gasteiger partial charge in [-0.15, -0.1) is 0 Å². The van der Waals surface area contributed by atoms with Gasteiger partial charge in [-0.1, -0.05) is 23.7 Å². The minimum atomic E-state index is -0.653. The standard InChI is InChI=1S/C18H15ClN4O3/c1-11(8-17(25)21-15-5-3-2-4-12(15)10-20)22-23-18(26)14-9-13(19)6-7-16(14)24/h2-7,9,24H,8H2,1H3,(H,21,25)(H,23,26)/b22-11-. The number of benzene rings is 2. The zero-order chi connectivity index (χ0) is 19.1. The van der Waals surface area contributed by atoms with Gasteiger partial charge in [-0.05, 0) is 37.3 Å². The summed E-state index contributed by atoms with van der Waals surface area (Å²) in [5.41, 5.74) is 3.32. The van der Waals surface area contributed by atoms with Crippen molar-refractivity contribution in [3.63, 3.8) is 0 Å². The van der Waals surface area contributed by atoms with Gasteiger partial charge in [-0.3, -0.25) is 9.59 Å². The van der Waals surface area contributed by atoms with Gasteiger partial charge in [-0.2, -0.15) is 10.4 Å². The summed E-state index contributed by atoms with van der Waals surface area (Å²) in [5, 5.41) is 25.4. The van der Waals surface area contributed by atoms with Crippen LogP contribution in [0, 0.1) is 11.3 Å². The average Bonchev–Trinajstić information content (AvgIpc) is 2.62. The number of hydrazone groups is 1.